The number of nitrogens with zero attached hydrogens (tertiary/aromatic N) is 1. The molecule has 0 saturated heterocycles. The number of aromatic nitrogens is 2. The van der Waals surface area contributed by atoms with Gasteiger partial charge in [-0.05, 0) is 19.8 Å². The van der Waals surface area contributed by atoms with Crippen LogP contribution in [-0.2, 0) is 4.79 Å². The van der Waals surface area contributed by atoms with Gasteiger partial charge in [0.05, 0.1) is 10.9 Å². The third-order valence-corrected chi connectivity index (χ3v) is 5.13. The highest BCUT2D eigenvalue weighted by Crippen LogP contribution is 2.23. The smallest absolute Gasteiger partial charge is 0.252 e. The predicted octanol–water partition coefficient (Wildman–Crippen LogP) is 2.98. The van der Waals surface area contributed by atoms with Gasteiger partial charge >= 0.3 is 0 Å². The first-order valence-corrected chi connectivity index (χ1v) is 9.13. The van der Waals surface area contributed by atoms with Gasteiger partial charge in [0.1, 0.15) is 0 Å². The van der Waals surface area contributed by atoms with E-state index in [-0.39, 0.29) is 16.7 Å². The number of amides is 1. The summed E-state index contributed by atoms with van der Waals surface area (Å²) in [7, 11) is 0. The first-order valence-electron chi connectivity index (χ1n) is 8.25. The van der Waals surface area contributed by atoms with Crippen LogP contribution in [0.1, 0.15) is 32.6 Å². The molecule has 1 amide bonds. The van der Waals surface area contributed by atoms with Gasteiger partial charge in [-0.15, -0.1) is 0 Å². The van der Waals surface area contributed by atoms with E-state index in [4.69, 9.17) is 0 Å². The highest BCUT2D eigenvalue weighted by molar-refractivity contribution is 8.00. The summed E-state index contributed by atoms with van der Waals surface area (Å²) in [6.45, 7) is 1.84. The van der Waals surface area contributed by atoms with Crippen molar-refractivity contribution in [2.45, 2.75) is 49.1 Å². The Morgan fingerprint density at radius 3 is 2.71 bits per heavy atom. The van der Waals surface area contributed by atoms with Gasteiger partial charge in [0, 0.05) is 17.7 Å². The summed E-state index contributed by atoms with van der Waals surface area (Å²) in [5.41, 5.74) is 1.29. The molecule has 2 aromatic rings. The van der Waals surface area contributed by atoms with Crippen LogP contribution in [0, 0.1) is 0 Å². The summed E-state index contributed by atoms with van der Waals surface area (Å²) in [6, 6.07) is 11.3. The van der Waals surface area contributed by atoms with Crippen LogP contribution in [0.3, 0.4) is 0 Å². The lowest BCUT2D eigenvalue weighted by molar-refractivity contribution is -0.120. The first kappa shape index (κ1) is 16.8. The van der Waals surface area contributed by atoms with Crippen molar-refractivity contribution in [1.82, 2.24) is 15.3 Å². The van der Waals surface area contributed by atoms with Crippen LogP contribution < -0.4 is 10.9 Å². The number of carbonyl (C=O) groups excluding carboxylic acids is 1. The summed E-state index contributed by atoms with van der Waals surface area (Å²) >= 11 is 1.28. The van der Waals surface area contributed by atoms with E-state index in [0.29, 0.717) is 16.9 Å². The van der Waals surface area contributed by atoms with E-state index in [1.165, 1.54) is 30.7 Å². The van der Waals surface area contributed by atoms with Crippen molar-refractivity contribution in [3.8, 4) is 11.3 Å². The van der Waals surface area contributed by atoms with Gasteiger partial charge in [-0.3, -0.25) is 9.59 Å². The van der Waals surface area contributed by atoms with Gasteiger partial charge in [0.15, 0.2) is 5.16 Å². The molecule has 1 fully saturated rings. The minimum absolute atomic E-state index is 0.000312. The maximum absolute atomic E-state index is 12.3. The molecule has 1 unspecified atom stereocenters. The molecule has 0 radical (unpaired) electrons. The molecule has 1 saturated carbocycles. The average molecular weight is 343 g/mol. The SMILES string of the molecule is CC(Sc1nc(-c2ccccc2)cc(=O)[nH]1)C(=O)NC1CCCC1. The monoisotopic (exact) mass is 343 g/mol. The van der Waals surface area contributed by atoms with Gasteiger partial charge in [-0.2, -0.15) is 0 Å². The normalized spacial score (nSPS) is 16.0. The maximum Gasteiger partial charge on any atom is 0.252 e. The third kappa shape index (κ3) is 4.26. The minimum Gasteiger partial charge on any atom is -0.352 e. The Morgan fingerprint density at radius 1 is 1.29 bits per heavy atom. The number of H-pyrrole nitrogens is 1. The quantitative estimate of drug-likeness (QED) is 0.646. The maximum atomic E-state index is 12.3. The van der Waals surface area contributed by atoms with Gasteiger partial charge < -0.3 is 10.3 Å². The fourth-order valence-electron chi connectivity index (χ4n) is 2.86. The zero-order chi connectivity index (χ0) is 16.9. The number of thioether (sulfide) groups is 1. The van der Waals surface area contributed by atoms with E-state index >= 15 is 0 Å². The highest BCUT2D eigenvalue weighted by atomic mass is 32.2. The molecule has 0 bridgehead atoms. The second kappa shape index (κ2) is 7.66. The van der Waals surface area contributed by atoms with Crippen LogP contribution in [0.4, 0.5) is 0 Å². The van der Waals surface area contributed by atoms with Crippen molar-refractivity contribution in [2.75, 3.05) is 0 Å². The number of hydrogen-bond acceptors (Lipinski definition) is 4. The van der Waals surface area contributed by atoms with Gasteiger partial charge in [-0.25, -0.2) is 4.98 Å². The molecule has 24 heavy (non-hydrogen) atoms. The Labute approximate surface area is 145 Å². The number of aromatic amines is 1. The zero-order valence-corrected chi connectivity index (χ0v) is 14.4. The number of hydrogen-bond donors (Lipinski definition) is 2. The van der Waals surface area contributed by atoms with Gasteiger partial charge in [0.25, 0.3) is 5.56 Å². The Morgan fingerprint density at radius 2 is 2.00 bits per heavy atom. The summed E-state index contributed by atoms with van der Waals surface area (Å²) in [4.78, 5) is 31.4. The van der Waals surface area contributed by atoms with E-state index < -0.39 is 0 Å². The molecule has 1 aromatic heterocycles. The molecule has 6 heteroatoms. The topological polar surface area (TPSA) is 74.8 Å². The standard InChI is InChI=1S/C18H21N3O2S/c1-12(17(23)19-14-9-5-6-10-14)24-18-20-15(11-16(22)21-18)13-7-3-2-4-8-13/h2-4,7-8,11-12,14H,5-6,9-10H2,1H3,(H,19,23)(H,20,21,22). The fourth-order valence-corrected chi connectivity index (χ4v) is 3.68. The molecule has 2 N–H and O–H groups in total. The third-order valence-electron chi connectivity index (χ3n) is 4.15. The Hall–Kier alpha value is -2.08. The van der Waals surface area contributed by atoms with Crippen molar-refractivity contribution < 1.29 is 4.79 Å². The van der Waals surface area contributed by atoms with E-state index in [1.54, 1.807) is 0 Å². The van der Waals surface area contributed by atoms with Crippen LogP contribution >= 0.6 is 11.8 Å². The molecule has 3 rings (SSSR count). The number of rotatable bonds is 5. The number of benzene rings is 1. The van der Waals surface area contributed by atoms with Crippen LogP contribution in [-0.4, -0.2) is 27.2 Å². The van der Waals surface area contributed by atoms with Crippen LogP contribution in [0.2, 0.25) is 0 Å². The van der Waals surface area contributed by atoms with Gasteiger partial charge in [0.2, 0.25) is 5.91 Å². The molecule has 0 spiro atoms. The second-order valence-electron chi connectivity index (χ2n) is 6.05. The molecule has 1 aliphatic rings. The van der Waals surface area contributed by atoms with E-state index in [1.807, 2.05) is 37.3 Å². The minimum atomic E-state index is -0.306. The van der Waals surface area contributed by atoms with E-state index in [9.17, 15) is 9.59 Å². The Bertz CT molecular complexity index is 754. The number of nitrogens with one attached hydrogen (secondary N) is 2. The summed E-state index contributed by atoms with van der Waals surface area (Å²) < 4.78 is 0. The average Bonchev–Trinajstić information content (AvgIpc) is 3.08. The number of carbonyl (C=O) groups is 1. The van der Waals surface area contributed by atoms with E-state index in [0.717, 1.165) is 18.4 Å². The van der Waals surface area contributed by atoms with Gasteiger partial charge in [-0.1, -0.05) is 54.9 Å². The molecule has 1 atom stereocenters. The second-order valence-corrected chi connectivity index (χ2v) is 7.38. The van der Waals surface area contributed by atoms with Crippen LogP contribution in [0.5, 0.6) is 0 Å². The molecular weight excluding hydrogens is 322 g/mol. The van der Waals surface area contributed by atoms with Crippen molar-refractivity contribution >= 4 is 17.7 Å². The molecule has 126 valence electrons. The lowest BCUT2D eigenvalue weighted by atomic mass is 10.1. The lowest BCUT2D eigenvalue weighted by Crippen LogP contribution is -2.37. The van der Waals surface area contributed by atoms with Crippen molar-refractivity contribution in [1.29, 1.82) is 0 Å². The molecule has 1 aromatic carbocycles. The van der Waals surface area contributed by atoms with Crippen molar-refractivity contribution in [3.63, 3.8) is 0 Å². The van der Waals surface area contributed by atoms with Crippen molar-refractivity contribution in [2.24, 2.45) is 0 Å². The van der Waals surface area contributed by atoms with Crippen molar-refractivity contribution in [3.05, 3.63) is 46.8 Å². The summed E-state index contributed by atoms with van der Waals surface area (Å²) in [5, 5.41) is 3.24. The Balaban J connectivity index is 1.71. The highest BCUT2D eigenvalue weighted by Gasteiger charge is 2.22. The molecule has 0 aliphatic heterocycles. The lowest BCUT2D eigenvalue weighted by Gasteiger charge is -2.16. The van der Waals surface area contributed by atoms with Crippen LogP contribution in [0.15, 0.2) is 46.3 Å². The fraction of sp³-hybridized carbons (Fsp3) is 0.389. The molecule has 1 heterocycles. The largest absolute Gasteiger partial charge is 0.352 e. The zero-order valence-electron chi connectivity index (χ0n) is 13.6. The summed E-state index contributed by atoms with van der Waals surface area (Å²) in [6.07, 6.45) is 4.48. The molecule has 1 aliphatic carbocycles. The summed E-state index contributed by atoms with van der Waals surface area (Å²) in [5.74, 6) is -0.000312. The first-order chi connectivity index (χ1) is 11.6. The molecule has 5 nitrogen and oxygen atoms in total. The van der Waals surface area contributed by atoms with Crippen LogP contribution in [0.25, 0.3) is 11.3 Å². The van der Waals surface area contributed by atoms with E-state index in [2.05, 4.69) is 15.3 Å². The Kier molecular flexibility index (Phi) is 5.35. The predicted molar refractivity (Wildman–Crippen MR) is 96.0 cm³/mol. The molecular formula is C18H21N3O2S.